The van der Waals surface area contributed by atoms with Crippen LogP contribution in [0.3, 0.4) is 0 Å². The summed E-state index contributed by atoms with van der Waals surface area (Å²) in [5.74, 6) is 0.887. The lowest BCUT2D eigenvalue weighted by Crippen LogP contribution is -2.12. The number of nitrogens with zero attached hydrogens (tertiary/aromatic N) is 2. The van der Waals surface area contributed by atoms with Crippen LogP contribution in [0.2, 0.25) is 0 Å². The molecule has 0 aliphatic carbocycles. The van der Waals surface area contributed by atoms with Crippen LogP contribution in [0.5, 0.6) is 5.75 Å². The molecule has 3 nitrogen and oxygen atoms in total. The van der Waals surface area contributed by atoms with Crippen LogP contribution in [0.1, 0.15) is 18.9 Å². The van der Waals surface area contributed by atoms with Gasteiger partial charge in [-0.2, -0.15) is 0 Å². The Balaban J connectivity index is 2.69. The van der Waals surface area contributed by atoms with Gasteiger partial charge in [0.15, 0.2) is 0 Å². The van der Waals surface area contributed by atoms with Crippen molar-refractivity contribution in [1.82, 2.24) is 4.98 Å². The smallest absolute Gasteiger partial charge is 0.119 e. The second-order valence-corrected chi connectivity index (χ2v) is 4.65. The van der Waals surface area contributed by atoms with Gasteiger partial charge in [-0.15, -0.1) is 0 Å². The zero-order valence-corrected chi connectivity index (χ0v) is 11.5. The van der Waals surface area contributed by atoms with E-state index in [1.54, 1.807) is 7.11 Å². The largest absolute Gasteiger partial charge is 0.497 e. The molecular formula is C15H20N2O. The first-order chi connectivity index (χ1) is 8.67. The molecule has 0 atom stereocenters. The minimum absolute atomic E-state index is 0.887. The summed E-state index contributed by atoms with van der Waals surface area (Å²) in [7, 11) is 5.81. The van der Waals surface area contributed by atoms with E-state index in [1.165, 1.54) is 16.6 Å². The van der Waals surface area contributed by atoms with Crippen molar-refractivity contribution in [2.24, 2.45) is 0 Å². The van der Waals surface area contributed by atoms with Gasteiger partial charge in [0.25, 0.3) is 0 Å². The molecule has 0 spiro atoms. The third-order valence-corrected chi connectivity index (χ3v) is 3.15. The van der Waals surface area contributed by atoms with Gasteiger partial charge in [-0.1, -0.05) is 13.3 Å². The number of ether oxygens (including phenoxy) is 1. The molecule has 96 valence electrons. The molecule has 0 amide bonds. The van der Waals surface area contributed by atoms with Crippen LogP contribution >= 0.6 is 0 Å². The van der Waals surface area contributed by atoms with E-state index in [0.29, 0.717) is 0 Å². The number of pyridine rings is 1. The molecule has 2 rings (SSSR count). The first-order valence-electron chi connectivity index (χ1n) is 6.30. The monoisotopic (exact) mass is 244 g/mol. The Morgan fingerprint density at radius 2 is 2.06 bits per heavy atom. The Hall–Kier alpha value is -1.77. The van der Waals surface area contributed by atoms with Crippen molar-refractivity contribution in [1.29, 1.82) is 0 Å². The highest BCUT2D eigenvalue weighted by Gasteiger charge is 2.10. The summed E-state index contributed by atoms with van der Waals surface area (Å²) in [6, 6.07) is 6.06. The molecule has 0 N–H and O–H groups in total. The SMILES string of the molecule is CCCc1c(N(C)C)cnc2ccc(OC)cc12. The lowest BCUT2D eigenvalue weighted by Gasteiger charge is -2.19. The standard InChI is InChI=1S/C15H20N2O/c1-5-6-12-13-9-11(18-4)7-8-14(13)16-10-15(12)17(2)3/h7-10H,5-6H2,1-4H3. The number of hydrogen-bond acceptors (Lipinski definition) is 3. The molecule has 0 bridgehead atoms. The molecule has 2 aromatic rings. The minimum Gasteiger partial charge on any atom is -0.497 e. The highest BCUT2D eigenvalue weighted by atomic mass is 16.5. The normalized spacial score (nSPS) is 10.7. The summed E-state index contributed by atoms with van der Waals surface area (Å²) in [5, 5.41) is 1.20. The quantitative estimate of drug-likeness (QED) is 0.825. The van der Waals surface area contributed by atoms with E-state index in [0.717, 1.165) is 24.1 Å². The van der Waals surface area contributed by atoms with Crippen LogP contribution in [0, 0.1) is 0 Å². The van der Waals surface area contributed by atoms with Crippen molar-refractivity contribution < 1.29 is 4.74 Å². The first-order valence-corrected chi connectivity index (χ1v) is 6.30. The zero-order valence-electron chi connectivity index (χ0n) is 11.5. The number of aromatic nitrogens is 1. The van der Waals surface area contributed by atoms with Gasteiger partial charge in [-0.25, -0.2) is 0 Å². The average Bonchev–Trinajstić information content (AvgIpc) is 2.38. The molecule has 1 aromatic heterocycles. The van der Waals surface area contributed by atoms with E-state index < -0.39 is 0 Å². The maximum atomic E-state index is 5.31. The number of methoxy groups -OCH3 is 1. The summed E-state index contributed by atoms with van der Waals surface area (Å²) in [6.45, 7) is 2.20. The van der Waals surface area contributed by atoms with Gasteiger partial charge in [0, 0.05) is 19.5 Å². The van der Waals surface area contributed by atoms with E-state index >= 15 is 0 Å². The fraction of sp³-hybridized carbons (Fsp3) is 0.400. The number of rotatable bonds is 4. The summed E-state index contributed by atoms with van der Waals surface area (Å²) < 4.78 is 5.31. The maximum Gasteiger partial charge on any atom is 0.119 e. The molecule has 0 saturated heterocycles. The van der Waals surface area contributed by atoms with E-state index in [-0.39, 0.29) is 0 Å². The van der Waals surface area contributed by atoms with Crippen LogP contribution < -0.4 is 9.64 Å². The first kappa shape index (κ1) is 12.7. The van der Waals surface area contributed by atoms with Gasteiger partial charge in [0.05, 0.1) is 24.5 Å². The molecule has 0 aliphatic heterocycles. The van der Waals surface area contributed by atoms with E-state index in [9.17, 15) is 0 Å². The molecule has 0 saturated carbocycles. The molecule has 18 heavy (non-hydrogen) atoms. The number of aryl methyl sites for hydroxylation is 1. The number of hydrogen-bond donors (Lipinski definition) is 0. The van der Waals surface area contributed by atoms with E-state index in [2.05, 4.69) is 37.0 Å². The van der Waals surface area contributed by atoms with E-state index in [1.807, 2.05) is 18.3 Å². The Bertz CT molecular complexity index is 549. The molecular weight excluding hydrogens is 224 g/mol. The molecule has 0 fully saturated rings. The van der Waals surface area contributed by atoms with Gasteiger partial charge >= 0.3 is 0 Å². The molecule has 3 heteroatoms. The van der Waals surface area contributed by atoms with Gasteiger partial charge in [-0.3, -0.25) is 4.98 Å². The van der Waals surface area contributed by atoms with Crippen LogP contribution in [0.25, 0.3) is 10.9 Å². The number of fused-ring (bicyclic) bond motifs is 1. The Morgan fingerprint density at radius 1 is 1.28 bits per heavy atom. The lowest BCUT2D eigenvalue weighted by atomic mass is 10.0. The van der Waals surface area contributed by atoms with Crippen molar-refractivity contribution in [2.75, 3.05) is 26.1 Å². The third kappa shape index (κ3) is 2.26. The summed E-state index contributed by atoms with van der Waals surface area (Å²) >= 11 is 0. The lowest BCUT2D eigenvalue weighted by molar-refractivity contribution is 0.415. The van der Waals surface area contributed by atoms with Crippen molar-refractivity contribution in [3.05, 3.63) is 30.0 Å². The van der Waals surface area contributed by atoms with Gasteiger partial charge in [0.2, 0.25) is 0 Å². The van der Waals surface area contributed by atoms with Crippen molar-refractivity contribution >= 4 is 16.6 Å². The number of anilines is 1. The fourth-order valence-electron chi connectivity index (χ4n) is 2.24. The van der Waals surface area contributed by atoms with Crippen molar-refractivity contribution in [3.63, 3.8) is 0 Å². The molecule has 1 heterocycles. The summed E-state index contributed by atoms with van der Waals surface area (Å²) in [4.78, 5) is 6.65. The minimum atomic E-state index is 0.887. The second-order valence-electron chi connectivity index (χ2n) is 4.65. The molecule has 1 aromatic carbocycles. The highest BCUT2D eigenvalue weighted by Crippen LogP contribution is 2.29. The van der Waals surface area contributed by atoms with Crippen LogP contribution in [-0.2, 0) is 6.42 Å². The second kappa shape index (κ2) is 5.25. The predicted octanol–water partition coefficient (Wildman–Crippen LogP) is 3.26. The highest BCUT2D eigenvalue weighted by molar-refractivity contribution is 5.88. The maximum absolute atomic E-state index is 5.31. The van der Waals surface area contributed by atoms with Crippen molar-refractivity contribution in [2.45, 2.75) is 19.8 Å². The van der Waals surface area contributed by atoms with Gasteiger partial charge < -0.3 is 9.64 Å². The van der Waals surface area contributed by atoms with Gasteiger partial charge in [-0.05, 0) is 30.2 Å². The molecule has 0 radical (unpaired) electrons. The Morgan fingerprint density at radius 3 is 2.67 bits per heavy atom. The fourth-order valence-corrected chi connectivity index (χ4v) is 2.24. The van der Waals surface area contributed by atoms with Crippen LogP contribution in [-0.4, -0.2) is 26.2 Å². The van der Waals surface area contributed by atoms with E-state index in [4.69, 9.17) is 4.74 Å². The van der Waals surface area contributed by atoms with Crippen LogP contribution in [0.4, 0.5) is 5.69 Å². The predicted molar refractivity (Wildman–Crippen MR) is 76.6 cm³/mol. The topological polar surface area (TPSA) is 25.4 Å². The van der Waals surface area contributed by atoms with Crippen LogP contribution in [0.15, 0.2) is 24.4 Å². The summed E-state index contributed by atoms with van der Waals surface area (Å²) in [6.07, 6.45) is 4.14. The number of benzene rings is 1. The zero-order chi connectivity index (χ0) is 13.1. The molecule has 0 unspecified atom stereocenters. The molecule has 0 aliphatic rings. The third-order valence-electron chi connectivity index (χ3n) is 3.15. The average molecular weight is 244 g/mol. The Labute approximate surface area is 108 Å². The summed E-state index contributed by atoms with van der Waals surface area (Å²) in [5.41, 5.74) is 3.58. The van der Waals surface area contributed by atoms with Gasteiger partial charge in [0.1, 0.15) is 5.75 Å². The Kier molecular flexibility index (Phi) is 3.70. The van der Waals surface area contributed by atoms with Crippen molar-refractivity contribution in [3.8, 4) is 5.75 Å².